The Kier molecular flexibility index (Phi) is 2.97. The number of primary amides is 1. The zero-order chi connectivity index (χ0) is 9.84. The number of urea groups is 1. The maximum absolute atomic E-state index is 10.7. The van der Waals surface area contributed by atoms with Crippen molar-refractivity contribution in [3.63, 3.8) is 0 Å². The van der Waals surface area contributed by atoms with Crippen LogP contribution in [0, 0.1) is 4.91 Å². The molecule has 1 aromatic rings. The minimum absolute atomic E-state index is 0.339. The fourth-order valence-corrected chi connectivity index (χ4v) is 1.06. The lowest BCUT2D eigenvalue weighted by atomic mass is 10.3. The van der Waals surface area contributed by atoms with Crippen LogP contribution >= 0.6 is 15.9 Å². The molecule has 1 aromatic carbocycles. The lowest BCUT2D eigenvalue weighted by molar-refractivity contribution is 0.254. The van der Waals surface area contributed by atoms with Crippen LogP contribution in [0.3, 0.4) is 0 Å². The molecule has 2 N–H and O–H groups in total. The second-order valence-electron chi connectivity index (χ2n) is 2.21. The van der Waals surface area contributed by atoms with Crippen LogP contribution in [0.5, 0.6) is 0 Å². The fourth-order valence-electron chi connectivity index (χ4n) is 0.797. The van der Waals surface area contributed by atoms with Gasteiger partial charge in [-0.15, -0.1) is 9.92 Å². The number of benzene rings is 1. The quantitative estimate of drug-likeness (QED) is 0.638. The van der Waals surface area contributed by atoms with Gasteiger partial charge in [-0.3, -0.25) is 0 Å². The predicted molar refractivity (Wildman–Crippen MR) is 52.0 cm³/mol. The molecule has 0 heterocycles. The number of carbonyl (C=O) groups excluding carboxylic acids is 1. The molecule has 0 radical (unpaired) electrons. The second kappa shape index (κ2) is 3.99. The minimum atomic E-state index is -0.905. The summed E-state index contributed by atoms with van der Waals surface area (Å²) in [5, 5.41) is 3.06. The van der Waals surface area contributed by atoms with Gasteiger partial charge in [-0.25, -0.2) is 4.79 Å². The minimum Gasteiger partial charge on any atom is -0.350 e. The number of nitroso groups, excluding NO2 is 1. The summed E-state index contributed by atoms with van der Waals surface area (Å²) in [5.41, 5.74) is 5.24. The van der Waals surface area contributed by atoms with E-state index < -0.39 is 6.03 Å². The summed E-state index contributed by atoms with van der Waals surface area (Å²) in [5.74, 6) is 0. The maximum Gasteiger partial charge on any atom is 0.342 e. The van der Waals surface area contributed by atoms with Crippen LogP contribution in [0.4, 0.5) is 10.5 Å². The van der Waals surface area contributed by atoms with Gasteiger partial charge in [-0.05, 0) is 24.3 Å². The fraction of sp³-hybridized carbons (Fsp3) is 0. The van der Waals surface area contributed by atoms with Crippen molar-refractivity contribution in [2.45, 2.75) is 0 Å². The largest absolute Gasteiger partial charge is 0.350 e. The van der Waals surface area contributed by atoms with Crippen LogP contribution in [0.1, 0.15) is 0 Å². The smallest absolute Gasteiger partial charge is 0.342 e. The average molecular weight is 244 g/mol. The van der Waals surface area contributed by atoms with Crippen LogP contribution in [0.15, 0.2) is 34.0 Å². The molecule has 0 unspecified atom stereocenters. The molecule has 0 aliphatic carbocycles. The maximum atomic E-state index is 10.7. The molecule has 1 rings (SSSR count). The Balaban J connectivity index is 2.99. The molecule has 0 bridgehead atoms. The van der Waals surface area contributed by atoms with Gasteiger partial charge in [-0.2, -0.15) is 0 Å². The van der Waals surface area contributed by atoms with Crippen LogP contribution in [-0.4, -0.2) is 6.03 Å². The first-order valence-corrected chi connectivity index (χ1v) is 4.13. The van der Waals surface area contributed by atoms with Crippen molar-refractivity contribution >= 4 is 27.6 Å². The standard InChI is InChI=1S/C7H6BrN3O2/c8-5-1-3-6(4-2-5)11(10-13)7(9)12/h1-4H,(H2,9,12). The molecule has 5 nitrogen and oxygen atoms in total. The molecule has 0 atom stereocenters. The molecule has 68 valence electrons. The Bertz CT molecular complexity index is 325. The molecule has 0 saturated heterocycles. The molecular formula is C7H6BrN3O2. The van der Waals surface area contributed by atoms with Gasteiger partial charge in [0.2, 0.25) is 0 Å². The Morgan fingerprint density at radius 2 is 1.92 bits per heavy atom. The lowest BCUT2D eigenvalue weighted by Gasteiger charge is -2.09. The number of hydrogen-bond acceptors (Lipinski definition) is 3. The van der Waals surface area contributed by atoms with E-state index in [1.165, 1.54) is 0 Å². The third-order valence-corrected chi connectivity index (χ3v) is 1.89. The monoisotopic (exact) mass is 243 g/mol. The molecule has 0 aromatic heterocycles. The third-order valence-electron chi connectivity index (χ3n) is 1.36. The molecule has 0 saturated carbocycles. The van der Waals surface area contributed by atoms with E-state index in [1.54, 1.807) is 24.3 Å². The molecule has 0 aliphatic heterocycles. The van der Waals surface area contributed by atoms with Crippen LogP contribution in [0.25, 0.3) is 0 Å². The highest BCUT2D eigenvalue weighted by Crippen LogP contribution is 2.18. The first kappa shape index (κ1) is 9.66. The Morgan fingerprint density at radius 1 is 1.38 bits per heavy atom. The molecule has 6 heteroatoms. The predicted octanol–water partition coefficient (Wildman–Crippen LogP) is 2.02. The topological polar surface area (TPSA) is 75.8 Å². The normalized spacial score (nSPS) is 9.31. The van der Waals surface area contributed by atoms with Crippen molar-refractivity contribution in [1.29, 1.82) is 0 Å². The van der Waals surface area contributed by atoms with Crippen LogP contribution in [0.2, 0.25) is 0 Å². The van der Waals surface area contributed by atoms with E-state index in [0.29, 0.717) is 10.7 Å². The molecule has 2 amide bonds. The number of nitrogens with two attached hydrogens (primary N) is 1. The number of halogens is 1. The number of nitrogens with zero attached hydrogens (tertiary/aromatic N) is 2. The van der Waals surface area contributed by atoms with Crippen molar-refractivity contribution in [2.24, 2.45) is 11.0 Å². The van der Waals surface area contributed by atoms with E-state index in [1.807, 2.05) is 0 Å². The molecular weight excluding hydrogens is 238 g/mol. The van der Waals surface area contributed by atoms with Crippen molar-refractivity contribution < 1.29 is 4.79 Å². The van der Waals surface area contributed by atoms with E-state index >= 15 is 0 Å². The highest BCUT2D eigenvalue weighted by Gasteiger charge is 2.11. The summed E-state index contributed by atoms with van der Waals surface area (Å²) < 4.78 is 0.839. The Hall–Kier alpha value is -1.43. The molecule has 0 aliphatic rings. The van der Waals surface area contributed by atoms with Crippen molar-refractivity contribution in [3.8, 4) is 0 Å². The summed E-state index contributed by atoms with van der Waals surface area (Å²) in [4.78, 5) is 20.9. The van der Waals surface area contributed by atoms with Crippen molar-refractivity contribution in [1.82, 2.24) is 0 Å². The summed E-state index contributed by atoms with van der Waals surface area (Å²) >= 11 is 3.21. The van der Waals surface area contributed by atoms with Crippen molar-refractivity contribution in [3.05, 3.63) is 33.6 Å². The molecule has 0 spiro atoms. The van der Waals surface area contributed by atoms with Gasteiger partial charge in [0, 0.05) is 4.47 Å². The zero-order valence-corrected chi connectivity index (χ0v) is 8.06. The van der Waals surface area contributed by atoms with Gasteiger partial charge < -0.3 is 5.73 Å². The molecule has 0 fully saturated rings. The van der Waals surface area contributed by atoms with E-state index in [4.69, 9.17) is 5.73 Å². The number of rotatable bonds is 2. The number of amides is 2. The summed E-state index contributed by atoms with van der Waals surface area (Å²) in [7, 11) is 0. The summed E-state index contributed by atoms with van der Waals surface area (Å²) in [6.07, 6.45) is 0. The second-order valence-corrected chi connectivity index (χ2v) is 3.12. The van der Waals surface area contributed by atoms with Gasteiger partial charge in [0.05, 0.1) is 11.0 Å². The summed E-state index contributed by atoms with van der Waals surface area (Å²) in [6.45, 7) is 0. The van der Waals surface area contributed by atoms with Gasteiger partial charge in [0.15, 0.2) is 0 Å². The molecule has 13 heavy (non-hydrogen) atoms. The van der Waals surface area contributed by atoms with E-state index in [9.17, 15) is 9.70 Å². The SMILES string of the molecule is NC(=O)N(N=O)c1ccc(Br)cc1. The lowest BCUT2D eigenvalue weighted by Crippen LogP contribution is -2.30. The van der Waals surface area contributed by atoms with Gasteiger partial charge >= 0.3 is 6.03 Å². The van der Waals surface area contributed by atoms with Crippen molar-refractivity contribution in [2.75, 3.05) is 5.01 Å². The van der Waals surface area contributed by atoms with Crippen LogP contribution in [-0.2, 0) is 0 Å². The first-order valence-electron chi connectivity index (χ1n) is 3.33. The number of anilines is 1. The van der Waals surface area contributed by atoms with E-state index in [-0.39, 0.29) is 0 Å². The Labute approximate surface area is 82.6 Å². The van der Waals surface area contributed by atoms with Gasteiger partial charge in [0.1, 0.15) is 0 Å². The van der Waals surface area contributed by atoms with Gasteiger partial charge in [0.25, 0.3) is 0 Å². The number of hydrogen-bond donors (Lipinski definition) is 1. The summed E-state index contributed by atoms with van der Waals surface area (Å²) in [6, 6.07) is 5.55. The van der Waals surface area contributed by atoms with Gasteiger partial charge in [-0.1, -0.05) is 15.9 Å². The van der Waals surface area contributed by atoms with Crippen LogP contribution < -0.4 is 10.7 Å². The zero-order valence-electron chi connectivity index (χ0n) is 6.48. The number of carbonyl (C=O) groups is 1. The average Bonchev–Trinajstić information content (AvgIpc) is 2.09. The Morgan fingerprint density at radius 3 is 2.31 bits per heavy atom. The third kappa shape index (κ3) is 2.25. The highest BCUT2D eigenvalue weighted by atomic mass is 79.9. The van der Waals surface area contributed by atoms with E-state index in [2.05, 4.69) is 21.2 Å². The first-order chi connectivity index (χ1) is 6.15. The highest BCUT2D eigenvalue weighted by molar-refractivity contribution is 9.10. The van der Waals surface area contributed by atoms with E-state index in [0.717, 1.165) is 4.47 Å².